The van der Waals surface area contributed by atoms with E-state index in [9.17, 15) is 0 Å². The van der Waals surface area contributed by atoms with Crippen molar-refractivity contribution in [3.63, 3.8) is 0 Å². The van der Waals surface area contributed by atoms with Gasteiger partial charge in [-0.1, -0.05) is 36.1 Å². The minimum atomic E-state index is 0.317. The van der Waals surface area contributed by atoms with Crippen LogP contribution in [-0.2, 0) is 4.74 Å². The van der Waals surface area contributed by atoms with E-state index < -0.39 is 0 Å². The highest BCUT2D eigenvalue weighted by Crippen LogP contribution is 2.26. The van der Waals surface area contributed by atoms with E-state index in [0.717, 1.165) is 25.0 Å². The molecule has 2 rings (SSSR count). The van der Waals surface area contributed by atoms with Crippen LogP contribution in [0.25, 0.3) is 0 Å². The first kappa shape index (κ1) is 13.6. The number of benzene rings is 1. The molecule has 1 nitrogen and oxygen atoms in total. The summed E-state index contributed by atoms with van der Waals surface area (Å²) in [5.41, 5.74) is 1.07. The molecule has 1 unspecified atom stereocenters. The number of hydrogen-bond donors (Lipinski definition) is 0. The molecule has 0 heterocycles. The Balaban J connectivity index is 1.72. The Morgan fingerprint density at radius 3 is 2.89 bits per heavy atom. The van der Waals surface area contributed by atoms with Gasteiger partial charge in [0.05, 0.1) is 12.7 Å². The van der Waals surface area contributed by atoms with Crippen LogP contribution in [0.2, 0.25) is 0 Å². The Hall–Kier alpha value is -0.790. The number of rotatable bonds is 3. The predicted octanol–water partition coefficient (Wildman–Crippen LogP) is 4.32. The average molecular weight is 352 g/mol. The van der Waals surface area contributed by atoms with Gasteiger partial charge in [0.2, 0.25) is 0 Å². The first-order valence-electron chi connectivity index (χ1n) is 6.37. The lowest BCUT2D eigenvalue weighted by molar-refractivity contribution is 0.0785. The largest absolute Gasteiger partial charge is 0.372 e. The zero-order valence-electron chi connectivity index (χ0n) is 10.4. The fourth-order valence-electron chi connectivity index (χ4n) is 1.91. The van der Waals surface area contributed by atoms with Crippen LogP contribution >= 0.6 is 22.6 Å². The van der Waals surface area contributed by atoms with E-state index in [0.29, 0.717) is 6.10 Å². The summed E-state index contributed by atoms with van der Waals surface area (Å²) >= 11 is 2.39. The summed E-state index contributed by atoms with van der Waals surface area (Å²) in [5, 5.41) is 0. The molecule has 0 saturated heterocycles. The van der Waals surface area contributed by atoms with Crippen molar-refractivity contribution < 1.29 is 4.74 Å². The second-order valence-corrected chi connectivity index (χ2v) is 5.54. The fourth-order valence-corrected chi connectivity index (χ4v) is 2.72. The Bertz CT molecular complexity index is 453. The van der Waals surface area contributed by atoms with Gasteiger partial charge in [-0.3, -0.25) is 0 Å². The first-order valence-corrected chi connectivity index (χ1v) is 7.45. The Morgan fingerprint density at radius 2 is 2.11 bits per heavy atom. The van der Waals surface area contributed by atoms with E-state index in [-0.39, 0.29) is 0 Å². The van der Waals surface area contributed by atoms with E-state index in [4.69, 9.17) is 4.74 Å². The Kier molecular flexibility index (Phi) is 5.76. The van der Waals surface area contributed by atoms with E-state index in [1.807, 2.05) is 30.3 Å². The summed E-state index contributed by atoms with van der Waals surface area (Å²) in [4.78, 5) is 0. The van der Waals surface area contributed by atoms with Gasteiger partial charge in [0.15, 0.2) is 0 Å². The number of halogens is 1. The molecule has 18 heavy (non-hydrogen) atoms. The van der Waals surface area contributed by atoms with Gasteiger partial charge in [0, 0.05) is 15.6 Å². The van der Waals surface area contributed by atoms with Crippen LogP contribution in [0, 0.1) is 11.8 Å². The molecule has 0 spiro atoms. The average Bonchev–Trinajstić information content (AvgIpc) is 2.42. The lowest BCUT2D eigenvalue weighted by Gasteiger charge is -2.20. The highest BCUT2D eigenvalue weighted by molar-refractivity contribution is 14.1. The van der Waals surface area contributed by atoms with Crippen molar-refractivity contribution in [3.8, 4) is 11.8 Å². The van der Waals surface area contributed by atoms with Crippen molar-refractivity contribution in [2.45, 2.75) is 31.8 Å². The third-order valence-corrected chi connectivity index (χ3v) is 4.01. The molecule has 0 saturated carbocycles. The van der Waals surface area contributed by atoms with Gasteiger partial charge in [-0.2, -0.15) is 0 Å². The number of ether oxygens (including phenoxy) is 1. The summed E-state index contributed by atoms with van der Waals surface area (Å²) in [6.45, 7) is 0.727. The van der Waals surface area contributed by atoms with Gasteiger partial charge in [0.1, 0.15) is 0 Å². The molecule has 1 atom stereocenters. The summed E-state index contributed by atoms with van der Waals surface area (Å²) in [5.74, 6) is 6.31. The van der Waals surface area contributed by atoms with E-state index in [1.165, 1.54) is 16.4 Å². The second kappa shape index (κ2) is 7.60. The van der Waals surface area contributed by atoms with Crippen LogP contribution in [0.4, 0.5) is 0 Å². The monoisotopic (exact) mass is 352 g/mol. The molecule has 94 valence electrons. The second-order valence-electron chi connectivity index (χ2n) is 4.30. The van der Waals surface area contributed by atoms with E-state index >= 15 is 0 Å². The molecule has 2 heteroatoms. The predicted molar refractivity (Wildman–Crippen MR) is 83.6 cm³/mol. The summed E-state index contributed by atoms with van der Waals surface area (Å²) < 4.78 is 7.21. The zero-order chi connectivity index (χ0) is 12.6. The molecule has 0 amide bonds. The van der Waals surface area contributed by atoms with Crippen molar-refractivity contribution in [2.24, 2.45) is 0 Å². The van der Waals surface area contributed by atoms with Gasteiger partial charge in [-0.25, -0.2) is 0 Å². The molecular weight excluding hydrogens is 335 g/mol. The summed E-state index contributed by atoms with van der Waals surface area (Å²) in [7, 11) is 0. The molecule has 0 aliphatic heterocycles. The zero-order valence-corrected chi connectivity index (χ0v) is 12.5. The lowest BCUT2D eigenvalue weighted by atomic mass is 10.1. The molecule has 0 fully saturated rings. The van der Waals surface area contributed by atoms with Crippen molar-refractivity contribution in [3.05, 3.63) is 45.6 Å². The highest BCUT2D eigenvalue weighted by atomic mass is 127. The van der Waals surface area contributed by atoms with Gasteiger partial charge in [-0.05, 0) is 54.0 Å². The van der Waals surface area contributed by atoms with E-state index in [1.54, 1.807) is 0 Å². The molecule has 0 bridgehead atoms. The third-order valence-electron chi connectivity index (χ3n) is 2.87. The van der Waals surface area contributed by atoms with Crippen LogP contribution in [0.5, 0.6) is 0 Å². The minimum absolute atomic E-state index is 0.317. The van der Waals surface area contributed by atoms with Gasteiger partial charge >= 0.3 is 0 Å². The van der Waals surface area contributed by atoms with Crippen LogP contribution in [0.3, 0.4) is 0 Å². The maximum atomic E-state index is 5.85. The molecular formula is C16H17IO. The standard InChI is InChI=1S/C16H17IO/c17-15-11-4-5-12-16(15)18-13-7-6-10-14-8-2-1-3-9-14/h1-3,8-9,11,16H,4-5,7,12-13H2. The Morgan fingerprint density at radius 1 is 1.28 bits per heavy atom. The molecule has 1 aromatic rings. The normalized spacial score (nSPS) is 18.7. The smallest absolute Gasteiger partial charge is 0.0878 e. The van der Waals surface area contributed by atoms with Crippen LogP contribution < -0.4 is 0 Å². The highest BCUT2D eigenvalue weighted by Gasteiger charge is 2.15. The van der Waals surface area contributed by atoms with Gasteiger partial charge in [0.25, 0.3) is 0 Å². The van der Waals surface area contributed by atoms with Gasteiger partial charge in [-0.15, -0.1) is 0 Å². The topological polar surface area (TPSA) is 9.23 Å². The molecule has 0 N–H and O–H groups in total. The van der Waals surface area contributed by atoms with Crippen LogP contribution in [-0.4, -0.2) is 12.7 Å². The van der Waals surface area contributed by atoms with Crippen molar-refractivity contribution >= 4 is 22.6 Å². The Labute approximate surface area is 123 Å². The third kappa shape index (κ3) is 4.47. The molecule has 1 aliphatic rings. The van der Waals surface area contributed by atoms with Crippen molar-refractivity contribution in [1.82, 2.24) is 0 Å². The van der Waals surface area contributed by atoms with E-state index in [2.05, 4.69) is 40.5 Å². The molecule has 0 radical (unpaired) electrons. The minimum Gasteiger partial charge on any atom is -0.372 e. The number of hydrogen-bond acceptors (Lipinski definition) is 1. The SMILES string of the molecule is IC1=CCCCC1OCCC#Cc1ccccc1. The summed E-state index contributed by atoms with van der Waals surface area (Å²) in [6.07, 6.45) is 7.00. The maximum absolute atomic E-state index is 5.85. The van der Waals surface area contributed by atoms with Crippen molar-refractivity contribution in [2.75, 3.05) is 6.61 Å². The molecule has 1 aliphatic carbocycles. The van der Waals surface area contributed by atoms with Crippen molar-refractivity contribution in [1.29, 1.82) is 0 Å². The molecule has 0 aromatic heterocycles. The fraction of sp³-hybridized carbons (Fsp3) is 0.375. The lowest BCUT2D eigenvalue weighted by Crippen LogP contribution is -2.16. The van der Waals surface area contributed by atoms with Crippen LogP contribution in [0.1, 0.15) is 31.2 Å². The summed E-state index contributed by atoms with van der Waals surface area (Å²) in [6, 6.07) is 10.1. The molecule has 1 aromatic carbocycles. The maximum Gasteiger partial charge on any atom is 0.0878 e. The van der Waals surface area contributed by atoms with Crippen LogP contribution in [0.15, 0.2) is 40.0 Å². The first-order chi connectivity index (χ1) is 8.86. The number of allylic oxidation sites excluding steroid dienone is 1. The van der Waals surface area contributed by atoms with Gasteiger partial charge < -0.3 is 4.74 Å². The quantitative estimate of drug-likeness (QED) is 0.447.